The molecule has 7 heteroatoms. The Bertz CT molecular complexity index is 1040. The molecule has 1 aromatic heterocycles. The number of hydrogen-bond acceptors (Lipinski definition) is 6. The number of benzene rings is 2. The first-order valence-electron chi connectivity index (χ1n) is 8.57. The Hall–Kier alpha value is -3.50. The van der Waals surface area contributed by atoms with Crippen molar-refractivity contribution in [2.75, 3.05) is 24.3 Å². The number of hydrogen-bond donors (Lipinski definition) is 1. The molecule has 0 radical (unpaired) electrons. The van der Waals surface area contributed by atoms with Crippen LogP contribution in [0.3, 0.4) is 0 Å². The molecule has 2 aromatic carbocycles. The first kappa shape index (κ1) is 19.3. The number of aromatic nitrogens is 2. The summed E-state index contributed by atoms with van der Waals surface area (Å²) in [5.41, 5.74) is 3.90. The third kappa shape index (κ3) is 4.61. The van der Waals surface area contributed by atoms with Gasteiger partial charge in [-0.25, -0.2) is 0 Å². The minimum atomic E-state index is -0.509. The number of carbonyl (C=O) groups is 1. The molecule has 3 aromatic rings. The SMILES string of the molecule is Cc1ccc(-c2nnc(NC(=O)/C(C#N)=C\c3ccc(N(C)C)cc3)s2)cc1. The molecule has 0 atom stereocenters. The summed E-state index contributed by atoms with van der Waals surface area (Å²) in [7, 11) is 3.90. The maximum Gasteiger partial charge on any atom is 0.268 e. The normalized spacial score (nSPS) is 11.0. The molecule has 1 N–H and O–H groups in total. The van der Waals surface area contributed by atoms with Crippen LogP contribution in [0.15, 0.2) is 54.1 Å². The molecular formula is C21H19N5OS. The van der Waals surface area contributed by atoms with Crippen LogP contribution in [0.25, 0.3) is 16.6 Å². The maximum absolute atomic E-state index is 12.4. The average Bonchev–Trinajstić information content (AvgIpc) is 3.15. The summed E-state index contributed by atoms with van der Waals surface area (Å²) in [5, 5.41) is 21.2. The van der Waals surface area contributed by atoms with Crippen molar-refractivity contribution in [2.45, 2.75) is 6.92 Å². The highest BCUT2D eigenvalue weighted by Gasteiger charge is 2.13. The fourth-order valence-corrected chi connectivity index (χ4v) is 3.18. The molecule has 1 amide bonds. The zero-order valence-corrected chi connectivity index (χ0v) is 16.6. The van der Waals surface area contributed by atoms with Crippen LogP contribution in [0, 0.1) is 18.3 Å². The van der Waals surface area contributed by atoms with Crippen LogP contribution in [-0.4, -0.2) is 30.2 Å². The van der Waals surface area contributed by atoms with Gasteiger partial charge in [0.05, 0.1) is 0 Å². The third-order valence-corrected chi connectivity index (χ3v) is 4.92. The second-order valence-electron chi connectivity index (χ2n) is 6.39. The molecule has 0 bridgehead atoms. The Balaban J connectivity index is 1.74. The van der Waals surface area contributed by atoms with Crippen LogP contribution in [0.2, 0.25) is 0 Å². The van der Waals surface area contributed by atoms with Gasteiger partial charge in [0.1, 0.15) is 16.6 Å². The summed E-state index contributed by atoms with van der Waals surface area (Å²) < 4.78 is 0. The van der Waals surface area contributed by atoms with Crippen LogP contribution < -0.4 is 10.2 Å². The van der Waals surface area contributed by atoms with Crippen molar-refractivity contribution >= 4 is 34.1 Å². The molecule has 140 valence electrons. The minimum absolute atomic E-state index is 0.00434. The van der Waals surface area contributed by atoms with Gasteiger partial charge in [0.25, 0.3) is 5.91 Å². The van der Waals surface area contributed by atoms with Crippen LogP contribution in [0.5, 0.6) is 0 Å². The number of nitrogens with zero attached hydrogens (tertiary/aromatic N) is 4. The van der Waals surface area contributed by atoms with Crippen molar-refractivity contribution in [1.82, 2.24) is 10.2 Å². The predicted molar refractivity (Wildman–Crippen MR) is 113 cm³/mol. The molecule has 1 heterocycles. The van der Waals surface area contributed by atoms with E-state index in [1.165, 1.54) is 11.3 Å². The number of anilines is 2. The lowest BCUT2D eigenvalue weighted by molar-refractivity contribution is -0.112. The standard InChI is InChI=1S/C21H19N5OS/c1-14-4-8-16(9-5-14)20-24-25-21(28-20)23-19(27)17(13-22)12-15-6-10-18(11-7-15)26(2)3/h4-12H,1-3H3,(H,23,25,27)/b17-12-. The van der Waals surface area contributed by atoms with Crippen molar-refractivity contribution in [2.24, 2.45) is 0 Å². The lowest BCUT2D eigenvalue weighted by Gasteiger charge is -2.11. The molecule has 0 fully saturated rings. The summed E-state index contributed by atoms with van der Waals surface area (Å²) in [4.78, 5) is 14.4. The van der Waals surface area contributed by atoms with Gasteiger partial charge < -0.3 is 4.90 Å². The molecule has 0 aliphatic rings. The van der Waals surface area contributed by atoms with E-state index in [0.717, 1.165) is 22.4 Å². The number of amides is 1. The van der Waals surface area contributed by atoms with Crippen molar-refractivity contribution in [1.29, 1.82) is 5.26 Å². The van der Waals surface area contributed by atoms with Gasteiger partial charge in [0.15, 0.2) is 0 Å². The number of nitriles is 1. The van der Waals surface area contributed by atoms with E-state index in [1.54, 1.807) is 6.08 Å². The quantitative estimate of drug-likeness (QED) is 0.524. The topological polar surface area (TPSA) is 81.9 Å². The van der Waals surface area contributed by atoms with E-state index in [4.69, 9.17) is 0 Å². The Morgan fingerprint density at radius 3 is 2.39 bits per heavy atom. The molecule has 3 rings (SSSR count). The lowest BCUT2D eigenvalue weighted by Crippen LogP contribution is -2.13. The Morgan fingerprint density at radius 2 is 1.79 bits per heavy atom. The first-order valence-corrected chi connectivity index (χ1v) is 9.39. The summed E-state index contributed by atoms with van der Waals surface area (Å²) in [5.74, 6) is -0.509. The Labute approximate surface area is 167 Å². The number of aryl methyl sites for hydroxylation is 1. The summed E-state index contributed by atoms with van der Waals surface area (Å²) in [6, 6.07) is 17.4. The molecule has 0 aliphatic carbocycles. The number of carbonyl (C=O) groups excluding carboxylic acids is 1. The fourth-order valence-electron chi connectivity index (χ4n) is 2.43. The van der Waals surface area contributed by atoms with E-state index in [2.05, 4.69) is 15.5 Å². The number of nitrogens with one attached hydrogen (secondary N) is 1. The molecule has 0 saturated carbocycles. The molecule has 0 aliphatic heterocycles. The second-order valence-corrected chi connectivity index (χ2v) is 7.37. The monoisotopic (exact) mass is 389 g/mol. The molecule has 6 nitrogen and oxygen atoms in total. The van der Waals surface area contributed by atoms with Crippen LogP contribution in [0.1, 0.15) is 11.1 Å². The minimum Gasteiger partial charge on any atom is -0.378 e. The van der Waals surface area contributed by atoms with E-state index >= 15 is 0 Å². The maximum atomic E-state index is 12.4. The van der Waals surface area contributed by atoms with E-state index in [1.807, 2.05) is 80.5 Å². The first-order chi connectivity index (χ1) is 13.5. The van der Waals surface area contributed by atoms with Gasteiger partial charge in [-0.15, -0.1) is 10.2 Å². The molecule has 0 saturated heterocycles. The van der Waals surface area contributed by atoms with E-state index in [0.29, 0.717) is 10.1 Å². The smallest absolute Gasteiger partial charge is 0.268 e. The highest BCUT2D eigenvalue weighted by molar-refractivity contribution is 7.18. The zero-order valence-electron chi connectivity index (χ0n) is 15.8. The van der Waals surface area contributed by atoms with Gasteiger partial charge in [-0.3, -0.25) is 10.1 Å². The van der Waals surface area contributed by atoms with Gasteiger partial charge in [-0.1, -0.05) is 53.3 Å². The van der Waals surface area contributed by atoms with Crippen molar-refractivity contribution in [3.63, 3.8) is 0 Å². The molecule has 0 unspecified atom stereocenters. The molecular weight excluding hydrogens is 370 g/mol. The highest BCUT2D eigenvalue weighted by atomic mass is 32.1. The van der Waals surface area contributed by atoms with Crippen LogP contribution >= 0.6 is 11.3 Å². The second kappa shape index (κ2) is 8.46. The largest absolute Gasteiger partial charge is 0.378 e. The van der Waals surface area contributed by atoms with Crippen molar-refractivity contribution in [3.05, 3.63) is 65.2 Å². The summed E-state index contributed by atoms with van der Waals surface area (Å²) in [6.07, 6.45) is 1.55. The van der Waals surface area contributed by atoms with Gasteiger partial charge in [0.2, 0.25) is 5.13 Å². The Kier molecular flexibility index (Phi) is 5.82. The summed E-state index contributed by atoms with van der Waals surface area (Å²) in [6.45, 7) is 2.01. The number of rotatable bonds is 5. The van der Waals surface area contributed by atoms with Gasteiger partial charge in [0, 0.05) is 25.3 Å². The lowest BCUT2D eigenvalue weighted by atomic mass is 10.1. The van der Waals surface area contributed by atoms with E-state index in [-0.39, 0.29) is 5.57 Å². The molecule has 0 spiro atoms. The predicted octanol–water partition coefficient (Wildman–Crippen LogP) is 4.13. The Morgan fingerprint density at radius 1 is 1.11 bits per heavy atom. The highest BCUT2D eigenvalue weighted by Crippen LogP contribution is 2.26. The van der Waals surface area contributed by atoms with Crippen LogP contribution in [0.4, 0.5) is 10.8 Å². The van der Waals surface area contributed by atoms with E-state index in [9.17, 15) is 10.1 Å². The summed E-state index contributed by atoms with van der Waals surface area (Å²) >= 11 is 1.26. The van der Waals surface area contributed by atoms with Gasteiger partial charge in [-0.05, 0) is 30.7 Å². The average molecular weight is 389 g/mol. The third-order valence-electron chi connectivity index (χ3n) is 4.03. The molecule has 28 heavy (non-hydrogen) atoms. The zero-order chi connectivity index (χ0) is 20.1. The van der Waals surface area contributed by atoms with Crippen molar-refractivity contribution < 1.29 is 4.79 Å². The van der Waals surface area contributed by atoms with Crippen molar-refractivity contribution in [3.8, 4) is 16.6 Å². The van der Waals surface area contributed by atoms with Crippen LogP contribution in [-0.2, 0) is 4.79 Å². The van der Waals surface area contributed by atoms with Gasteiger partial charge in [-0.2, -0.15) is 5.26 Å². The van der Waals surface area contributed by atoms with Gasteiger partial charge >= 0.3 is 0 Å². The fraction of sp³-hybridized carbons (Fsp3) is 0.143. The van der Waals surface area contributed by atoms with E-state index < -0.39 is 5.91 Å².